The van der Waals surface area contributed by atoms with E-state index in [9.17, 15) is 9.59 Å². The average molecular weight is 225 g/mol. The molecule has 0 atom stereocenters. The molecule has 0 N–H and O–H groups in total. The van der Waals surface area contributed by atoms with E-state index in [1.165, 1.54) is 11.5 Å². The first-order valence-electron chi connectivity index (χ1n) is 4.36. The molecule has 0 radical (unpaired) electrons. The number of nitrogens with zero attached hydrogens (tertiary/aromatic N) is 2. The van der Waals surface area contributed by atoms with E-state index in [4.69, 9.17) is 16.9 Å². The molecule has 15 heavy (non-hydrogen) atoms. The van der Waals surface area contributed by atoms with Gasteiger partial charge in [0.15, 0.2) is 6.29 Å². The van der Waals surface area contributed by atoms with Gasteiger partial charge in [-0.25, -0.2) is 0 Å². The molecule has 4 nitrogen and oxygen atoms in total. The Hall–Kier alpha value is -1.60. The van der Waals surface area contributed by atoms with Gasteiger partial charge in [0.05, 0.1) is 11.1 Å². The summed E-state index contributed by atoms with van der Waals surface area (Å²) in [4.78, 5) is 22.4. The Bertz CT molecular complexity index is 512. The van der Waals surface area contributed by atoms with E-state index >= 15 is 0 Å². The Morgan fingerprint density at radius 1 is 1.60 bits per heavy atom. The van der Waals surface area contributed by atoms with Gasteiger partial charge >= 0.3 is 0 Å². The number of aromatic nitrogens is 1. The second-order valence-corrected chi connectivity index (χ2v) is 3.34. The number of halogens is 1. The fourth-order valence-electron chi connectivity index (χ4n) is 1.37. The molecule has 78 valence electrons. The van der Waals surface area contributed by atoms with Crippen molar-refractivity contribution >= 4 is 17.9 Å². The summed E-state index contributed by atoms with van der Waals surface area (Å²) in [6.45, 7) is 3.58. The number of carbonyl (C=O) groups excluding carboxylic acids is 1. The number of nitriles is 1. The maximum Gasteiger partial charge on any atom is 0.262 e. The first kappa shape index (κ1) is 11.5. The molecule has 0 fully saturated rings. The largest absolute Gasteiger partial charge is 0.298 e. The Kier molecular flexibility index (Phi) is 3.28. The first-order valence-corrected chi connectivity index (χ1v) is 4.74. The molecule has 0 aliphatic carbocycles. The fourth-order valence-corrected chi connectivity index (χ4v) is 1.75. The lowest BCUT2D eigenvalue weighted by atomic mass is 10.1. The highest BCUT2D eigenvalue weighted by atomic mass is 35.5. The van der Waals surface area contributed by atoms with E-state index in [0.717, 1.165) is 0 Å². The zero-order chi connectivity index (χ0) is 11.6. The third-order valence-electron chi connectivity index (χ3n) is 2.24. The highest BCUT2D eigenvalue weighted by Gasteiger charge is 2.16. The van der Waals surface area contributed by atoms with Gasteiger partial charge in [-0.3, -0.25) is 14.2 Å². The number of hydrogen-bond donors (Lipinski definition) is 0. The van der Waals surface area contributed by atoms with Crippen LogP contribution in [0.4, 0.5) is 0 Å². The fraction of sp³-hybridized carbons (Fsp3) is 0.300. The minimum absolute atomic E-state index is 0.00204. The molecule has 1 aromatic rings. The lowest BCUT2D eigenvalue weighted by Gasteiger charge is -2.10. The summed E-state index contributed by atoms with van der Waals surface area (Å²) in [5.74, 6) is 0. The van der Waals surface area contributed by atoms with Gasteiger partial charge in [0.2, 0.25) is 0 Å². The summed E-state index contributed by atoms with van der Waals surface area (Å²) in [6.07, 6.45) is 0.459. The van der Waals surface area contributed by atoms with E-state index in [-0.39, 0.29) is 16.3 Å². The summed E-state index contributed by atoms with van der Waals surface area (Å²) in [5, 5.41) is 8.96. The molecule has 0 aliphatic rings. The smallest absolute Gasteiger partial charge is 0.262 e. The van der Waals surface area contributed by atoms with Crippen LogP contribution in [0.2, 0.25) is 5.15 Å². The minimum Gasteiger partial charge on any atom is -0.298 e. The van der Waals surface area contributed by atoms with Gasteiger partial charge in [-0.15, -0.1) is 0 Å². The lowest BCUT2D eigenvalue weighted by molar-refractivity contribution is 0.112. The van der Waals surface area contributed by atoms with E-state index in [2.05, 4.69) is 0 Å². The molecular weight excluding hydrogens is 216 g/mol. The van der Waals surface area contributed by atoms with E-state index in [1.54, 1.807) is 6.92 Å². The van der Waals surface area contributed by atoms with Gasteiger partial charge in [-0.2, -0.15) is 5.26 Å². The Morgan fingerprint density at radius 2 is 2.20 bits per heavy atom. The Morgan fingerprint density at radius 3 is 2.60 bits per heavy atom. The van der Waals surface area contributed by atoms with Gasteiger partial charge in [0.1, 0.15) is 11.2 Å². The van der Waals surface area contributed by atoms with Crippen LogP contribution in [-0.4, -0.2) is 10.9 Å². The Balaban J connectivity index is 3.83. The van der Waals surface area contributed by atoms with Crippen LogP contribution < -0.4 is 5.56 Å². The van der Waals surface area contributed by atoms with Crippen molar-refractivity contribution in [2.24, 2.45) is 0 Å². The third-order valence-corrected chi connectivity index (χ3v) is 2.64. The second-order valence-electron chi connectivity index (χ2n) is 2.98. The second kappa shape index (κ2) is 4.28. The quantitative estimate of drug-likeness (QED) is 0.565. The van der Waals surface area contributed by atoms with Crippen LogP contribution in [0.3, 0.4) is 0 Å². The summed E-state index contributed by atoms with van der Waals surface area (Å²) < 4.78 is 1.21. The molecule has 5 heteroatoms. The highest BCUT2D eigenvalue weighted by Crippen LogP contribution is 2.18. The van der Waals surface area contributed by atoms with Crippen LogP contribution in [0.5, 0.6) is 0 Å². The summed E-state index contributed by atoms with van der Waals surface area (Å²) in [7, 11) is 0. The van der Waals surface area contributed by atoms with Crippen LogP contribution in [0.1, 0.15) is 28.4 Å². The molecule has 0 spiro atoms. The van der Waals surface area contributed by atoms with Gasteiger partial charge in [-0.1, -0.05) is 11.6 Å². The molecule has 0 saturated heterocycles. The molecule has 1 heterocycles. The number of hydrogen-bond acceptors (Lipinski definition) is 3. The molecule has 1 aromatic heterocycles. The van der Waals surface area contributed by atoms with Crippen molar-refractivity contribution in [3.8, 4) is 6.07 Å². The standard InChI is InChI=1S/C10H9ClN2O2/c1-3-13-9(11)7(4-12)6(2)8(5-14)10(13)15/h5H,3H2,1-2H3. The molecule has 1 rings (SSSR count). The van der Waals surface area contributed by atoms with Crippen molar-refractivity contribution in [1.29, 1.82) is 5.26 Å². The van der Waals surface area contributed by atoms with Crippen molar-refractivity contribution in [1.82, 2.24) is 4.57 Å². The van der Waals surface area contributed by atoms with Crippen molar-refractivity contribution in [3.63, 3.8) is 0 Å². The summed E-state index contributed by atoms with van der Waals surface area (Å²) in [5.41, 5.74) is 0.0687. The number of pyridine rings is 1. The SMILES string of the molecule is CCn1c(Cl)c(C#N)c(C)c(C=O)c1=O. The highest BCUT2D eigenvalue weighted by molar-refractivity contribution is 6.30. The zero-order valence-corrected chi connectivity index (χ0v) is 9.13. The van der Waals surface area contributed by atoms with Gasteiger partial charge < -0.3 is 0 Å². The summed E-state index contributed by atoms with van der Waals surface area (Å²) in [6, 6.07) is 1.89. The zero-order valence-electron chi connectivity index (χ0n) is 8.37. The van der Waals surface area contributed by atoms with Gasteiger partial charge in [0.25, 0.3) is 5.56 Å². The summed E-state index contributed by atoms with van der Waals surface area (Å²) >= 11 is 5.87. The van der Waals surface area contributed by atoms with Crippen molar-refractivity contribution < 1.29 is 4.79 Å². The van der Waals surface area contributed by atoms with Gasteiger partial charge in [-0.05, 0) is 19.4 Å². The van der Waals surface area contributed by atoms with Crippen molar-refractivity contribution in [2.75, 3.05) is 0 Å². The maximum atomic E-state index is 11.7. The molecule has 0 amide bonds. The first-order chi connectivity index (χ1) is 7.08. The van der Waals surface area contributed by atoms with Gasteiger partial charge in [0, 0.05) is 6.54 Å². The van der Waals surface area contributed by atoms with Crippen LogP contribution >= 0.6 is 11.6 Å². The number of rotatable bonds is 2. The maximum absolute atomic E-state index is 11.7. The van der Waals surface area contributed by atoms with E-state index in [1.807, 2.05) is 6.07 Å². The normalized spacial score (nSPS) is 9.73. The van der Waals surface area contributed by atoms with Crippen LogP contribution in [0.25, 0.3) is 0 Å². The lowest BCUT2D eigenvalue weighted by Crippen LogP contribution is -2.26. The van der Waals surface area contributed by atoms with Crippen molar-refractivity contribution in [2.45, 2.75) is 20.4 Å². The number of aldehydes is 1. The van der Waals surface area contributed by atoms with E-state index in [0.29, 0.717) is 18.4 Å². The van der Waals surface area contributed by atoms with Crippen molar-refractivity contribution in [3.05, 3.63) is 32.2 Å². The molecule has 0 saturated carbocycles. The molecule has 0 bridgehead atoms. The van der Waals surface area contributed by atoms with Crippen LogP contribution in [0, 0.1) is 18.3 Å². The molecular formula is C10H9ClN2O2. The average Bonchev–Trinajstić information content (AvgIpc) is 2.19. The predicted molar refractivity (Wildman–Crippen MR) is 56.2 cm³/mol. The third kappa shape index (κ3) is 1.66. The Labute approximate surface area is 91.7 Å². The minimum atomic E-state index is -0.450. The molecule has 0 aromatic carbocycles. The predicted octanol–water partition coefficient (Wildman–Crippen LogP) is 1.51. The number of carbonyl (C=O) groups is 1. The van der Waals surface area contributed by atoms with Crippen LogP contribution in [-0.2, 0) is 6.54 Å². The van der Waals surface area contributed by atoms with E-state index < -0.39 is 5.56 Å². The molecule has 0 aliphatic heterocycles. The topological polar surface area (TPSA) is 62.9 Å². The van der Waals surface area contributed by atoms with Crippen LogP contribution in [0.15, 0.2) is 4.79 Å². The monoisotopic (exact) mass is 224 g/mol. The molecule has 0 unspecified atom stereocenters.